The molecule has 0 bridgehead atoms. The van der Waals surface area contributed by atoms with Gasteiger partial charge in [-0.3, -0.25) is 10.1 Å². The summed E-state index contributed by atoms with van der Waals surface area (Å²) in [6, 6.07) is 0.516. The second-order valence-corrected chi connectivity index (χ2v) is 6.42. The van der Waals surface area contributed by atoms with Crippen molar-refractivity contribution in [3.8, 4) is 0 Å². The molecule has 1 aliphatic carbocycles. The van der Waals surface area contributed by atoms with E-state index in [0.29, 0.717) is 12.6 Å². The molecule has 0 aromatic carbocycles. The lowest BCUT2D eigenvalue weighted by Gasteiger charge is -2.30. The third kappa shape index (κ3) is 6.79. The molecule has 1 unspecified atom stereocenters. The molecule has 1 fully saturated rings. The van der Waals surface area contributed by atoms with Crippen LogP contribution in [0.4, 0.5) is 0 Å². The van der Waals surface area contributed by atoms with Crippen LogP contribution in [0.2, 0.25) is 0 Å². The summed E-state index contributed by atoms with van der Waals surface area (Å²) in [5.74, 6) is -0.0885. The van der Waals surface area contributed by atoms with Crippen molar-refractivity contribution < 1.29 is 9.53 Å². The van der Waals surface area contributed by atoms with Crippen LogP contribution in [-0.4, -0.2) is 48.7 Å². The Morgan fingerprint density at radius 1 is 1.19 bits per heavy atom. The molecule has 0 spiro atoms. The summed E-state index contributed by atoms with van der Waals surface area (Å²) in [5.41, 5.74) is -0.513. The van der Waals surface area contributed by atoms with Gasteiger partial charge in [0, 0.05) is 6.04 Å². The molecular formula is C17H34N2O2. The third-order valence-electron chi connectivity index (χ3n) is 4.06. The molecule has 21 heavy (non-hydrogen) atoms. The number of rotatable bonds is 12. The fraction of sp³-hybridized carbons (Fsp3) is 0.941. The smallest absolute Gasteiger partial charge is 0.326 e. The van der Waals surface area contributed by atoms with Crippen LogP contribution in [0.1, 0.15) is 66.2 Å². The van der Waals surface area contributed by atoms with Crippen LogP contribution in [0.3, 0.4) is 0 Å². The summed E-state index contributed by atoms with van der Waals surface area (Å²) >= 11 is 0. The Morgan fingerprint density at radius 3 is 2.29 bits per heavy atom. The van der Waals surface area contributed by atoms with Crippen LogP contribution in [0, 0.1) is 0 Å². The van der Waals surface area contributed by atoms with Crippen LogP contribution in [0.15, 0.2) is 0 Å². The van der Waals surface area contributed by atoms with Gasteiger partial charge in [-0.25, -0.2) is 0 Å². The third-order valence-corrected chi connectivity index (χ3v) is 4.06. The lowest BCUT2D eigenvalue weighted by molar-refractivity contribution is -0.151. The van der Waals surface area contributed by atoms with Crippen LogP contribution in [0.5, 0.6) is 0 Å². The van der Waals surface area contributed by atoms with E-state index in [2.05, 4.69) is 24.1 Å². The minimum Gasteiger partial charge on any atom is -0.465 e. The summed E-state index contributed by atoms with van der Waals surface area (Å²) < 4.78 is 5.27. The number of carbonyl (C=O) groups excluding carboxylic acids is 1. The van der Waals surface area contributed by atoms with E-state index in [9.17, 15) is 4.79 Å². The molecule has 0 aromatic rings. The van der Waals surface area contributed by atoms with Crippen LogP contribution < -0.4 is 5.32 Å². The van der Waals surface area contributed by atoms with E-state index in [1.165, 1.54) is 25.7 Å². The summed E-state index contributed by atoms with van der Waals surface area (Å²) in [6.07, 6.45) is 6.64. The molecule has 1 aliphatic rings. The predicted molar refractivity (Wildman–Crippen MR) is 87.5 cm³/mol. The Morgan fingerprint density at radius 2 is 1.81 bits per heavy atom. The van der Waals surface area contributed by atoms with Crippen molar-refractivity contribution in [1.82, 2.24) is 10.2 Å². The highest BCUT2D eigenvalue weighted by molar-refractivity contribution is 5.80. The summed E-state index contributed by atoms with van der Waals surface area (Å²) in [7, 11) is 0. The molecule has 0 saturated heterocycles. The summed E-state index contributed by atoms with van der Waals surface area (Å²) in [4.78, 5) is 14.8. The molecule has 0 radical (unpaired) electrons. The van der Waals surface area contributed by atoms with Crippen LogP contribution in [0.25, 0.3) is 0 Å². The molecule has 4 nitrogen and oxygen atoms in total. The molecular weight excluding hydrogens is 264 g/mol. The molecule has 124 valence electrons. The second-order valence-electron chi connectivity index (χ2n) is 6.42. The maximum atomic E-state index is 12.3. The van der Waals surface area contributed by atoms with Crippen molar-refractivity contribution in [2.75, 3.05) is 26.2 Å². The van der Waals surface area contributed by atoms with E-state index >= 15 is 0 Å². The number of hydrogen-bond acceptors (Lipinski definition) is 4. The zero-order chi connectivity index (χ0) is 15.7. The second kappa shape index (κ2) is 9.42. The number of carbonyl (C=O) groups is 1. The first kappa shape index (κ1) is 18.4. The Kier molecular flexibility index (Phi) is 8.27. The van der Waals surface area contributed by atoms with Gasteiger partial charge in [0.25, 0.3) is 0 Å². The topological polar surface area (TPSA) is 41.6 Å². The van der Waals surface area contributed by atoms with Gasteiger partial charge in [0.05, 0.1) is 6.61 Å². The number of nitrogens with zero attached hydrogens (tertiary/aromatic N) is 1. The number of esters is 1. The van der Waals surface area contributed by atoms with E-state index < -0.39 is 5.54 Å². The largest absolute Gasteiger partial charge is 0.465 e. The fourth-order valence-electron chi connectivity index (χ4n) is 2.83. The normalized spacial score (nSPS) is 17.8. The zero-order valence-corrected chi connectivity index (χ0v) is 14.4. The average molecular weight is 298 g/mol. The van der Waals surface area contributed by atoms with Gasteiger partial charge in [0.1, 0.15) is 5.54 Å². The Labute approximate surface area is 130 Å². The van der Waals surface area contributed by atoms with Crippen molar-refractivity contribution >= 4 is 5.97 Å². The quantitative estimate of drug-likeness (QED) is 0.562. The fourth-order valence-corrected chi connectivity index (χ4v) is 2.83. The average Bonchev–Trinajstić information content (AvgIpc) is 3.23. The first-order valence-electron chi connectivity index (χ1n) is 8.73. The molecule has 1 saturated carbocycles. The molecule has 0 aromatic heterocycles. The maximum absolute atomic E-state index is 12.3. The zero-order valence-electron chi connectivity index (χ0n) is 14.4. The van der Waals surface area contributed by atoms with E-state index in [4.69, 9.17) is 4.74 Å². The van der Waals surface area contributed by atoms with Gasteiger partial charge < -0.3 is 9.64 Å². The summed E-state index contributed by atoms with van der Waals surface area (Å²) in [5, 5.41) is 3.50. The van der Waals surface area contributed by atoms with E-state index in [0.717, 1.165) is 32.5 Å². The maximum Gasteiger partial charge on any atom is 0.326 e. The highest BCUT2D eigenvalue weighted by Crippen LogP contribution is 2.26. The first-order chi connectivity index (χ1) is 10.1. The van der Waals surface area contributed by atoms with Gasteiger partial charge in [-0.05, 0) is 72.0 Å². The van der Waals surface area contributed by atoms with Crippen molar-refractivity contribution in [2.45, 2.75) is 77.8 Å². The highest BCUT2D eigenvalue weighted by atomic mass is 16.5. The Bertz CT molecular complexity index is 299. The van der Waals surface area contributed by atoms with E-state index in [1.54, 1.807) is 0 Å². The first-order valence-corrected chi connectivity index (χ1v) is 8.73. The van der Waals surface area contributed by atoms with Crippen molar-refractivity contribution in [3.05, 3.63) is 0 Å². The lowest BCUT2D eigenvalue weighted by atomic mass is 9.95. The van der Waals surface area contributed by atoms with Gasteiger partial charge in [-0.15, -0.1) is 0 Å². The van der Waals surface area contributed by atoms with Crippen LogP contribution in [-0.2, 0) is 9.53 Å². The summed E-state index contributed by atoms with van der Waals surface area (Å²) in [6.45, 7) is 12.2. The minimum atomic E-state index is -0.513. The molecule has 1 rings (SSSR count). The SMILES string of the molecule is CCCN(CCC)CCCC(C)(NC1CC1)C(=O)OCC. The molecule has 0 heterocycles. The molecule has 1 atom stereocenters. The minimum absolute atomic E-state index is 0.0885. The standard InChI is InChI=1S/C17H34N2O2/c1-5-12-19(13-6-2)14-8-11-17(4,16(20)21-7-3)18-15-9-10-15/h15,18H,5-14H2,1-4H3. The van der Waals surface area contributed by atoms with Crippen molar-refractivity contribution in [3.63, 3.8) is 0 Å². The Balaban J connectivity index is 2.45. The lowest BCUT2D eigenvalue weighted by Crippen LogP contribution is -2.51. The van der Waals surface area contributed by atoms with Crippen molar-refractivity contribution in [2.24, 2.45) is 0 Å². The monoisotopic (exact) mass is 298 g/mol. The Hall–Kier alpha value is -0.610. The predicted octanol–water partition coefficient (Wildman–Crippen LogP) is 2.96. The number of ether oxygens (including phenoxy) is 1. The highest BCUT2D eigenvalue weighted by Gasteiger charge is 2.39. The van der Waals surface area contributed by atoms with E-state index in [-0.39, 0.29) is 5.97 Å². The van der Waals surface area contributed by atoms with Crippen LogP contribution >= 0.6 is 0 Å². The van der Waals surface area contributed by atoms with Crippen molar-refractivity contribution in [1.29, 1.82) is 0 Å². The number of nitrogens with one attached hydrogen (secondary N) is 1. The number of hydrogen-bond donors (Lipinski definition) is 1. The van der Waals surface area contributed by atoms with Gasteiger partial charge >= 0.3 is 5.97 Å². The molecule has 0 aliphatic heterocycles. The molecule has 0 amide bonds. The van der Waals surface area contributed by atoms with Gasteiger partial charge in [0.2, 0.25) is 0 Å². The molecule has 1 N–H and O–H groups in total. The van der Waals surface area contributed by atoms with Gasteiger partial charge in [0.15, 0.2) is 0 Å². The van der Waals surface area contributed by atoms with E-state index in [1.807, 2.05) is 13.8 Å². The molecule has 4 heteroatoms. The van der Waals surface area contributed by atoms with Gasteiger partial charge in [-0.2, -0.15) is 0 Å². The van der Waals surface area contributed by atoms with Gasteiger partial charge in [-0.1, -0.05) is 13.8 Å².